The molecule has 0 aromatic heterocycles. The van der Waals surface area contributed by atoms with Crippen molar-refractivity contribution in [1.82, 2.24) is 0 Å². The molecule has 3 heteroatoms. The molecule has 0 bridgehead atoms. The van der Waals surface area contributed by atoms with Gasteiger partial charge in [0.05, 0.1) is 5.69 Å². The summed E-state index contributed by atoms with van der Waals surface area (Å²) in [5.74, 6) is -0.191. The first-order valence-corrected chi connectivity index (χ1v) is 4.25. The van der Waals surface area contributed by atoms with E-state index >= 15 is 0 Å². The third kappa shape index (κ3) is 0.967. The second-order valence-corrected chi connectivity index (χ2v) is 2.94. The van der Waals surface area contributed by atoms with Crippen molar-refractivity contribution in [2.24, 2.45) is 0 Å². The third-order valence-electron chi connectivity index (χ3n) is 2.24. The molecule has 1 N–H and O–H groups in total. The SMILES string of the molecule is CCN1C(=O)C(=N)c2ccccc21. The van der Waals surface area contributed by atoms with E-state index in [0.29, 0.717) is 6.54 Å². The van der Waals surface area contributed by atoms with Crippen molar-refractivity contribution < 1.29 is 4.79 Å². The minimum atomic E-state index is -0.191. The maximum absolute atomic E-state index is 11.5. The van der Waals surface area contributed by atoms with Crippen LogP contribution >= 0.6 is 0 Å². The van der Waals surface area contributed by atoms with E-state index in [1.807, 2.05) is 31.2 Å². The number of fused-ring (bicyclic) bond motifs is 1. The lowest BCUT2D eigenvalue weighted by Crippen LogP contribution is -2.29. The Morgan fingerprint density at radius 1 is 1.38 bits per heavy atom. The summed E-state index contributed by atoms with van der Waals surface area (Å²) in [6, 6.07) is 7.41. The monoisotopic (exact) mass is 174 g/mol. The van der Waals surface area contributed by atoms with Crippen LogP contribution in [0.4, 0.5) is 5.69 Å². The van der Waals surface area contributed by atoms with Gasteiger partial charge in [-0.1, -0.05) is 18.2 Å². The van der Waals surface area contributed by atoms with Crippen LogP contribution < -0.4 is 4.90 Å². The number of hydrogen-bond donors (Lipinski definition) is 1. The smallest absolute Gasteiger partial charge is 0.276 e. The van der Waals surface area contributed by atoms with Gasteiger partial charge in [0.1, 0.15) is 5.71 Å². The van der Waals surface area contributed by atoms with Gasteiger partial charge in [0.15, 0.2) is 0 Å². The van der Waals surface area contributed by atoms with Gasteiger partial charge >= 0.3 is 0 Å². The van der Waals surface area contributed by atoms with E-state index in [1.165, 1.54) is 0 Å². The quantitative estimate of drug-likeness (QED) is 0.687. The maximum Gasteiger partial charge on any atom is 0.276 e. The Balaban J connectivity index is 2.60. The number of anilines is 1. The van der Waals surface area contributed by atoms with E-state index in [2.05, 4.69) is 0 Å². The molecule has 0 saturated carbocycles. The molecule has 0 spiro atoms. The van der Waals surface area contributed by atoms with Crippen molar-refractivity contribution in [2.45, 2.75) is 6.92 Å². The number of carbonyl (C=O) groups is 1. The molecule has 1 amide bonds. The number of carbonyl (C=O) groups excluding carboxylic acids is 1. The van der Waals surface area contributed by atoms with Gasteiger partial charge in [0.25, 0.3) is 5.91 Å². The highest BCUT2D eigenvalue weighted by molar-refractivity contribution is 6.53. The molecule has 1 aliphatic heterocycles. The predicted octanol–water partition coefficient (Wildman–Crippen LogP) is 1.42. The Morgan fingerprint density at radius 3 is 2.77 bits per heavy atom. The Morgan fingerprint density at radius 2 is 2.08 bits per heavy atom. The topological polar surface area (TPSA) is 44.2 Å². The summed E-state index contributed by atoms with van der Waals surface area (Å²) in [4.78, 5) is 13.1. The van der Waals surface area contributed by atoms with E-state index in [-0.39, 0.29) is 11.6 Å². The van der Waals surface area contributed by atoms with Crippen molar-refractivity contribution >= 4 is 17.3 Å². The second-order valence-electron chi connectivity index (χ2n) is 2.94. The summed E-state index contributed by atoms with van der Waals surface area (Å²) in [5.41, 5.74) is 1.71. The van der Waals surface area contributed by atoms with Gasteiger partial charge in [0.2, 0.25) is 0 Å². The number of para-hydroxylation sites is 1. The summed E-state index contributed by atoms with van der Waals surface area (Å²) in [5, 5.41) is 7.58. The molecule has 2 rings (SSSR count). The summed E-state index contributed by atoms with van der Waals surface area (Å²) in [6.45, 7) is 2.53. The minimum Gasteiger partial charge on any atom is -0.307 e. The highest BCUT2D eigenvalue weighted by atomic mass is 16.2. The first-order chi connectivity index (χ1) is 6.25. The molecule has 3 nitrogen and oxygen atoms in total. The molecule has 0 radical (unpaired) electrons. The van der Waals surface area contributed by atoms with Crippen LogP contribution in [0.5, 0.6) is 0 Å². The Hall–Kier alpha value is -1.64. The standard InChI is InChI=1S/C10H10N2O/c1-2-12-8-6-4-3-5-7(8)9(11)10(12)13/h3-6,11H,2H2,1H3. The zero-order chi connectivity index (χ0) is 9.42. The van der Waals surface area contributed by atoms with Crippen LogP contribution in [-0.4, -0.2) is 18.2 Å². The highest BCUT2D eigenvalue weighted by Gasteiger charge is 2.30. The zero-order valence-corrected chi connectivity index (χ0v) is 7.37. The number of nitrogens with one attached hydrogen (secondary N) is 1. The highest BCUT2D eigenvalue weighted by Crippen LogP contribution is 2.27. The van der Waals surface area contributed by atoms with Crippen molar-refractivity contribution in [3.63, 3.8) is 0 Å². The average molecular weight is 174 g/mol. The third-order valence-corrected chi connectivity index (χ3v) is 2.24. The van der Waals surface area contributed by atoms with E-state index in [1.54, 1.807) is 4.90 Å². The number of benzene rings is 1. The Kier molecular flexibility index (Phi) is 1.65. The molecule has 66 valence electrons. The molecule has 1 aromatic carbocycles. The molecule has 1 aromatic rings. The van der Waals surface area contributed by atoms with Gasteiger partial charge in [0, 0.05) is 12.1 Å². The lowest BCUT2D eigenvalue weighted by molar-refractivity contribution is -0.112. The van der Waals surface area contributed by atoms with Gasteiger partial charge in [-0.25, -0.2) is 0 Å². The Bertz CT molecular complexity index is 384. The van der Waals surface area contributed by atoms with Crippen LogP contribution in [0.15, 0.2) is 24.3 Å². The van der Waals surface area contributed by atoms with Crippen LogP contribution in [0.3, 0.4) is 0 Å². The van der Waals surface area contributed by atoms with E-state index in [4.69, 9.17) is 5.41 Å². The first-order valence-electron chi connectivity index (χ1n) is 4.25. The molecule has 0 fully saturated rings. The predicted molar refractivity (Wildman–Crippen MR) is 51.3 cm³/mol. The van der Waals surface area contributed by atoms with Gasteiger partial charge in [-0.3, -0.25) is 10.2 Å². The van der Waals surface area contributed by atoms with Crippen LogP contribution in [0.25, 0.3) is 0 Å². The van der Waals surface area contributed by atoms with Gasteiger partial charge in [-0.15, -0.1) is 0 Å². The van der Waals surface area contributed by atoms with Crippen molar-refractivity contribution in [3.05, 3.63) is 29.8 Å². The molecule has 0 saturated heterocycles. The molecule has 13 heavy (non-hydrogen) atoms. The summed E-state index contributed by atoms with van der Waals surface area (Å²) in [6.07, 6.45) is 0. The number of rotatable bonds is 1. The molecule has 1 heterocycles. The van der Waals surface area contributed by atoms with E-state index < -0.39 is 0 Å². The van der Waals surface area contributed by atoms with Gasteiger partial charge < -0.3 is 4.90 Å². The molecular formula is C10H10N2O. The van der Waals surface area contributed by atoms with E-state index in [9.17, 15) is 4.79 Å². The van der Waals surface area contributed by atoms with Crippen molar-refractivity contribution in [1.29, 1.82) is 5.41 Å². The van der Waals surface area contributed by atoms with Crippen molar-refractivity contribution in [3.8, 4) is 0 Å². The molecular weight excluding hydrogens is 164 g/mol. The largest absolute Gasteiger partial charge is 0.307 e. The van der Waals surface area contributed by atoms with Crippen LogP contribution in [-0.2, 0) is 4.79 Å². The van der Waals surface area contributed by atoms with Crippen molar-refractivity contribution in [2.75, 3.05) is 11.4 Å². The zero-order valence-electron chi connectivity index (χ0n) is 7.37. The number of likely N-dealkylation sites (N-methyl/N-ethyl adjacent to an activating group) is 1. The lowest BCUT2D eigenvalue weighted by atomic mass is 10.1. The van der Waals surface area contributed by atoms with Gasteiger partial charge in [-0.2, -0.15) is 0 Å². The molecule has 0 atom stereocenters. The van der Waals surface area contributed by atoms with E-state index in [0.717, 1.165) is 11.3 Å². The number of hydrogen-bond acceptors (Lipinski definition) is 2. The van der Waals surface area contributed by atoms with Crippen LogP contribution in [0.1, 0.15) is 12.5 Å². The summed E-state index contributed by atoms with van der Waals surface area (Å²) in [7, 11) is 0. The minimum absolute atomic E-state index is 0.109. The number of nitrogens with zero attached hydrogens (tertiary/aromatic N) is 1. The average Bonchev–Trinajstić information content (AvgIpc) is 2.41. The fourth-order valence-corrected chi connectivity index (χ4v) is 1.59. The second kappa shape index (κ2) is 2.69. The Labute approximate surface area is 76.5 Å². The van der Waals surface area contributed by atoms with Gasteiger partial charge in [-0.05, 0) is 13.0 Å². The number of amides is 1. The van der Waals surface area contributed by atoms with Crippen LogP contribution in [0.2, 0.25) is 0 Å². The molecule has 1 aliphatic rings. The fraction of sp³-hybridized carbons (Fsp3) is 0.200. The fourth-order valence-electron chi connectivity index (χ4n) is 1.59. The maximum atomic E-state index is 11.5. The molecule has 0 unspecified atom stereocenters. The van der Waals surface area contributed by atoms with Crippen LogP contribution in [0, 0.1) is 5.41 Å². The summed E-state index contributed by atoms with van der Waals surface area (Å²) >= 11 is 0. The molecule has 0 aliphatic carbocycles. The summed E-state index contributed by atoms with van der Waals surface area (Å²) < 4.78 is 0. The normalized spacial score (nSPS) is 15.0. The lowest BCUT2D eigenvalue weighted by Gasteiger charge is -2.12. The first kappa shape index (κ1) is 7.98.